The molecule has 0 bridgehead atoms. The Balaban J connectivity index is 1.93. The molecule has 0 fully saturated rings. The molecule has 2 aromatic rings. The molecule has 0 aliphatic heterocycles. The molecule has 1 aromatic heterocycles. The summed E-state index contributed by atoms with van der Waals surface area (Å²) in [5, 5.41) is 16.1. The van der Waals surface area contributed by atoms with E-state index in [0.717, 1.165) is 0 Å². The van der Waals surface area contributed by atoms with Gasteiger partial charge in [-0.25, -0.2) is 4.39 Å². The minimum atomic E-state index is -0.294. The first-order chi connectivity index (χ1) is 9.19. The number of hydrogen-bond acceptors (Lipinski definition) is 3. The highest BCUT2D eigenvalue weighted by Gasteiger charge is 2.07. The van der Waals surface area contributed by atoms with Gasteiger partial charge in [-0.15, -0.1) is 0 Å². The van der Waals surface area contributed by atoms with Gasteiger partial charge in [0, 0.05) is 30.5 Å². The Kier molecular flexibility index (Phi) is 4.26. The average molecular weight is 258 g/mol. The van der Waals surface area contributed by atoms with Crippen LogP contribution in [0.15, 0.2) is 36.7 Å². The summed E-state index contributed by atoms with van der Waals surface area (Å²) in [6, 6.07) is 8.41. The fraction of sp³-hybridized carbons (Fsp3) is 0.286. The molecular formula is C14H15FN4. The molecule has 98 valence electrons. The van der Waals surface area contributed by atoms with Crippen molar-refractivity contribution >= 4 is 0 Å². The van der Waals surface area contributed by atoms with Crippen LogP contribution in [0.2, 0.25) is 0 Å². The van der Waals surface area contributed by atoms with Gasteiger partial charge in [-0.05, 0) is 31.2 Å². The molecule has 0 radical (unpaired) electrons. The molecule has 0 saturated heterocycles. The lowest BCUT2D eigenvalue weighted by Gasteiger charge is -2.14. The molecule has 2 rings (SSSR count). The first kappa shape index (κ1) is 13.2. The minimum absolute atomic E-state index is 0.157. The number of halogens is 1. The third kappa shape index (κ3) is 3.63. The van der Waals surface area contributed by atoms with Crippen LogP contribution in [0.4, 0.5) is 4.39 Å². The monoisotopic (exact) mass is 258 g/mol. The summed E-state index contributed by atoms with van der Waals surface area (Å²) in [5.74, 6) is -0.294. The number of nitrogens with zero attached hydrogens (tertiary/aromatic N) is 3. The van der Waals surface area contributed by atoms with Crippen LogP contribution in [0.25, 0.3) is 0 Å². The van der Waals surface area contributed by atoms with Crippen molar-refractivity contribution in [2.75, 3.05) is 0 Å². The molecule has 19 heavy (non-hydrogen) atoms. The number of rotatable bonds is 5. The predicted molar refractivity (Wildman–Crippen MR) is 69.6 cm³/mol. The van der Waals surface area contributed by atoms with Gasteiger partial charge in [0.25, 0.3) is 0 Å². The van der Waals surface area contributed by atoms with E-state index in [1.165, 1.54) is 12.1 Å². The van der Waals surface area contributed by atoms with Crippen molar-refractivity contribution in [3.8, 4) is 6.07 Å². The summed E-state index contributed by atoms with van der Waals surface area (Å²) in [6.07, 6.45) is 3.61. The van der Waals surface area contributed by atoms with E-state index in [2.05, 4.69) is 10.4 Å². The van der Waals surface area contributed by atoms with Gasteiger partial charge in [-0.2, -0.15) is 10.4 Å². The van der Waals surface area contributed by atoms with E-state index in [1.807, 2.05) is 29.9 Å². The Morgan fingerprint density at radius 3 is 3.05 bits per heavy atom. The predicted octanol–water partition coefficient (Wildman–Crippen LogP) is 2.07. The van der Waals surface area contributed by atoms with Crippen LogP contribution >= 0.6 is 0 Å². The van der Waals surface area contributed by atoms with E-state index in [9.17, 15) is 4.39 Å². The molecule has 0 amide bonds. The van der Waals surface area contributed by atoms with Crippen molar-refractivity contribution in [3.63, 3.8) is 0 Å². The van der Waals surface area contributed by atoms with Crippen molar-refractivity contribution in [1.29, 1.82) is 5.26 Å². The zero-order chi connectivity index (χ0) is 13.7. The van der Waals surface area contributed by atoms with Crippen LogP contribution in [0.1, 0.15) is 18.1 Å². The number of aromatic nitrogens is 2. The standard InChI is InChI=1S/C14H15FN4/c1-11(10-19-6-2-5-18-19)17-9-13-7-12(8-16)3-4-14(13)15/h2-7,11,17H,9-10H2,1H3/t11-/m1/s1. The van der Waals surface area contributed by atoms with Crippen molar-refractivity contribution in [2.24, 2.45) is 0 Å². The fourth-order valence-electron chi connectivity index (χ4n) is 1.82. The summed E-state index contributed by atoms with van der Waals surface area (Å²) in [4.78, 5) is 0. The van der Waals surface area contributed by atoms with Gasteiger partial charge in [0.05, 0.1) is 18.2 Å². The quantitative estimate of drug-likeness (QED) is 0.893. The number of nitrogens with one attached hydrogen (secondary N) is 1. The molecule has 4 nitrogen and oxygen atoms in total. The third-order valence-corrected chi connectivity index (χ3v) is 2.84. The van der Waals surface area contributed by atoms with Crippen molar-refractivity contribution in [3.05, 3.63) is 53.6 Å². The van der Waals surface area contributed by atoms with E-state index in [1.54, 1.807) is 12.3 Å². The Bertz CT molecular complexity index is 572. The van der Waals surface area contributed by atoms with Crippen molar-refractivity contribution < 1.29 is 4.39 Å². The van der Waals surface area contributed by atoms with Crippen LogP contribution in [0.5, 0.6) is 0 Å². The molecule has 5 heteroatoms. The normalized spacial score (nSPS) is 12.1. The highest BCUT2D eigenvalue weighted by atomic mass is 19.1. The van der Waals surface area contributed by atoms with Crippen molar-refractivity contribution in [1.82, 2.24) is 15.1 Å². The summed E-state index contributed by atoms with van der Waals surface area (Å²) in [7, 11) is 0. The lowest BCUT2D eigenvalue weighted by Crippen LogP contribution is -2.30. The molecule has 0 unspecified atom stereocenters. The molecule has 0 aliphatic carbocycles. The molecule has 1 atom stereocenters. The zero-order valence-corrected chi connectivity index (χ0v) is 10.7. The van der Waals surface area contributed by atoms with E-state index < -0.39 is 0 Å². The van der Waals surface area contributed by atoms with Crippen LogP contribution < -0.4 is 5.32 Å². The summed E-state index contributed by atoms with van der Waals surface area (Å²) >= 11 is 0. The lowest BCUT2D eigenvalue weighted by molar-refractivity contribution is 0.445. The highest BCUT2D eigenvalue weighted by molar-refractivity contribution is 5.33. The van der Waals surface area contributed by atoms with Crippen LogP contribution in [-0.4, -0.2) is 15.8 Å². The SMILES string of the molecule is C[C@H](Cn1cccn1)NCc1cc(C#N)ccc1F. The Morgan fingerprint density at radius 2 is 2.37 bits per heavy atom. The largest absolute Gasteiger partial charge is 0.308 e. The maximum atomic E-state index is 13.6. The van der Waals surface area contributed by atoms with Gasteiger partial charge in [-0.1, -0.05) is 0 Å². The number of benzene rings is 1. The van der Waals surface area contributed by atoms with E-state index in [-0.39, 0.29) is 11.9 Å². The Labute approximate surface area is 111 Å². The van der Waals surface area contributed by atoms with Gasteiger partial charge < -0.3 is 5.32 Å². The van der Waals surface area contributed by atoms with Crippen LogP contribution in [0, 0.1) is 17.1 Å². The molecule has 1 aromatic carbocycles. The Morgan fingerprint density at radius 1 is 1.53 bits per heavy atom. The van der Waals surface area contributed by atoms with Crippen LogP contribution in [-0.2, 0) is 13.1 Å². The smallest absolute Gasteiger partial charge is 0.127 e. The first-order valence-electron chi connectivity index (χ1n) is 6.08. The molecule has 0 spiro atoms. The second-order valence-electron chi connectivity index (χ2n) is 4.43. The lowest BCUT2D eigenvalue weighted by atomic mass is 10.1. The maximum absolute atomic E-state index is 13.6. The highest BCUT2D eigenvalue weighted by Crippen LogP contribution is 2.10. The van der Waals surface area contributed by atoms with Gasteiger partial charge in [0.15, 0.2) is 0 Å². The van der Waals surface area contributed by atoms with E-state index in [0.29, 0.717) is 24.2 Å². The zero-order valence-electron chi connectivity index (χ0n) is 10.7. The second-order valence-corrected chi connectivity index (χ2v) is 4.43. The molecule has 0 aliphatic rings. The number of nitriles is 1. The minimum Gasteiger partial charge on any atom is -0.308 e. The molecular weight excluding hydrogens is 243 g/mol. The molecule has 1 heterocycles. The molecule has 1 N–H and O–H groups in total. The Hall–Kier alpha value is -2.19. The average Bonchev–Trinajstić information content (AvgIpc) is 2.90. The molecule has 0 saturated carbocycles. The van der Waals surface area contributed by atoms with E-state index in [4.69, 9.17) is 5.26 Å². The maximum Gasteiger partial charge on any atom is 0.127 e. The van der Waals surface area contributed by atoms with Gasteiger partial charge in [0.1, 0.15) is 5.82 Å². The van der Waals surface area contributed by atoms with Gasteiger partial charge in [0.2, 0.25) is 0 Å². The fourth-order valence-corrected chi connectivity index (χ4v) is 1.82. The summed E-state index contributed by atoms with van der Waals surface area (Å²) in [6.45, 7) is 3.12. The topological polar surface area (TPSA) is 53.6 Å². The van der Waals surface area contributed by atoms with Gasteiger partial charge in [-0.3, -0.25) is 4.68 Å². The van der Waals surface area contributed by atoms with Crippen LogP contribution in [0.3, 0.4) is 0 Å². The summed E-state index contributed by atoms with van der Waals surface area (Å²) < 4.78 is 15.4. The summed E-state index contributed by atoms with van der Waals surface area (Å²) in [5.41, 5.74) is 0.976. The second kappa shape index (κ2) is 6.12. The third-order valence-electron chi connectivity index (χ3n) is 2.84. The van der Waals surface area contributed by atoms with Gasteiger partial charge >= 0.3 is 0 Å². The first-order valence-corrected chi connectivity index (χ1v) is 6.08. The van der Waals surface area contributed by atoms with E-state index >= 15 is 0 Å². The van der Waals surface area contributed by atoms with Crippen molar-refractivity contribution in [2.45, 2.75) is 26.1 Å². The number of hydrogen-bond donors (Lipinski definition) is 1.